The molecule has 156 valence electrons. The summed E-state index contributed by atoms with van der Waals surface area (Å²) in [5.41, 5.74) is 3.58. The summed E-state index contributed by atoms with van der Waals surface area (Å²) < 4.78 is 5.20. The third-order valence-corrected chi connectivity index (χ3v) is 7.11. The topological polar surface area (TPSA) is 61.9 Å². The molecule has 1 fully saturated rings. The van der Waals surface area contributed by atoms with Gasteiger partial charge in [-0.1, -0.05) is 30.3 Å². The van der Waals surface area contributed by atoms with Crippen molar-refractivity contribution in [1.29, 1.82) is 0 Å². The monoisotopic (exact) mass is 423 g/mol. The first-order valence-electron chi connectivity index (χ1n) is 10.4. The van der Waals surface area contributed by atoms with Crippen molar-refractivity contribution in [2.75, 3.05) is 20.2 Å². The van der Waals surface area contributed by atoms with Crippen LogP contribution >= 0.6 is 11.3 Å². The molecule has 1 atom stereocenters. The van der Waals surface area contributed by atoms with Gasteiger partial charge in [-0.05, 0) is 41.8 Å². The highest BCUT2D eigenvalue weighted by atomic mass is 32.1. The van der Waals surface area contributed by atoms with Crippen LogP contribution in [0.1, 0.15) is 34.9 Å². The number of carbonyl (C=O) groups excluding carboxylic acids is 2. The number of carbonyl (C=O) groups is 2. The van der Waals surface area contributed by atoms with Crippen LogP contribution in [0.5, 0.6) is 0 Å². The number of hydrogen-bond donors (Lipinski definition) is 1. The standard InChI is InChI=1S/C23H25N3O3S/c1-29-22(27)20-18(14-25-11-9-19-16(13-25)10-12-30-19)26(17-7-8-17)23(28)24-21(20)15-5-3-2-4-6-15/h2-6,10,12,17,21H,7-9,11,13-14H2,1H3,(H,24,28)/t21-/m1/s1. The first kappa shape index (κ1) is 19.3. The predicted molar refractivity (Wildman–Crippen MR) is 115 cm³/mol. The van der Waals surface area contributed by atoms with Crippen LogP contribution in [0.15, 0.2) is 53.0 Å². The molecule has 1 saturated carbocycles. The van der Waals surface area contributed by atoms with Crippen molar-refractivity contribution in [3.63, 3.8) is 0 Å². The molecule has 0 saturated heterocycles. The van der Waals surface area contributed by atoms with E-state index >= 15 is 0 Å². The maximum atomic E-state index is 13.1. The third-order valence-electron chi connectivity index (χ3n) is 6.09. The van der Waals surface area contributed by atoms with E-state index in [4.69, 9.17) is 4.74 Å². The Morgan fingerprint density at radius 1 is 1.23 bits per heavy atom. The van der Waals surface area contributed by atoms with Gasteiger partial charge < -0.3 is 10.1 Å². The molecule has 1 aromatic heterocycles. The van der Waals surface area contributed by atoms with Crippen LogP contribution in [-0.2, 0) is 22.5 Å². The summed E-state index contributed by atoms with van der Waals surface area (Å²) >= 11 is 1.81. The van der Waals surface area contributed by atoms with Crippen molar-refractivity contribution >= 4 is 23.3 Å². The van der Waals surface area contributed by atoms with E-state index in [2.05, 4.69) is 21.7 Å². The van der Waals surface area contributed by atoms with Gasteiger partial charge in [0.05, 0.1) is 18.7 Å². The number of fused-ring (bicyclic) bond motifs is 1. The molecule has 0 spiro atoms. The van der Waals surface area contributed by atoms with Gasteiger partial charge in [-0.25, -0.2) is 9.59 Å². The predicted octanol–water partition coefficient (Wildman–Crippen LogP) is 3.46. The first-order valence-corrected chi connectivity index (χ1v) is 11.3. The molecule has 0 radical (unpaired) electrons. The highest BCUT2D eigenvalue weighted by molar-refractivity contribution is 7.10. The van der Waals surface area contributed by atoms with Gasteiger partial charge in [-0.3, -0.25) is 9.80 Å². The molecule has 7 heteroatoms. The summed E-state index contributed by atoms with van der Waals surface area (Å²) in [6.45, 7) is 2.32. The minimum absolute atomic E-state index is 0.123. The number of methoxy groups -OCH3 is 1. The Morgan fingerprint density at radius 3 is 2.77 bits per heavy atom. The maximum absolute atomic E-state index is 13.1. The number of rotatable bonds is 5. The average Bonchev–Trinajstić information content (AvgIpc) is 3.49. The number of benzene rings is 1. The number of esters is 1. The summed E-state index contributed by atoms with van der Waals surface area (Å²) in [7, 11) is 1.41. The van der Waals surface area contributed by atoms with E-state index in [1.807, 2.05) is 46.6 Å². The van der Waals surface area contributed by atoms with Gasteiger partial charge in [0.2, 0.25) is 0 Å². The number of urea groups is 1. The quantitative estimate of drug-likeness (QED) is 0.748. The minimum Gasteiger partial charge on any atom is -0.466 e. The van der Waals surface area contributed by atoms with Gasteiger partial charge in [0, 0.05) is 36.3 Å². The van der Waals surface area contributed by atoms with E-state index in [9.17, 15) is 9.59 Å². The Morgan fingerprint density at radius 2 is 2.03 bits per heavy atom. The molecule has 3 heterocycles. The molecule has 1 aliphatic carbocycles. The Hall–Kier alpha value is -2.64. The van der Waals surface area contributed by atoms with Crippen LogP contribution < -0.4 is 5.32 Å². The van der Waals surface area contributed by atoms with Crippen LogP contribution in [0.25, 0.3) is 0 Å². The van der Waals surface area contributed by atoms with E-state index in [1.165, 1.54) is 17.6 Å². The average molecular weight is 424 g/mol. The maximum Gasteiger partial charge on any atom is 0.338 e. The molecule has 2 aliphatic heterocycles. The van der Waals surface area contributed by atoms with Crippen LogP contribution in [0, 0.1) is 0 Å². The number of hydrogen-bond acceptors (Lipinski definition) is 5. The summed E-state index contributed by atoms with van der Waals surface area (Å²) in [6.07, 6.45) is 2.94. The molecule has 5 rings (SSSR count). The van der Waals surface area contributed by atoms with Gasteiger partial charge >= 0.3 is 12.0 Å². The zero-order valence-corrected chi connectivity index (χ0v) is 17.8. The number of thiophene rings is 1. The van der Waals surface area contributed by atoms with Crippen molar-refractivity contribution in [3.8, 4) is 0 Å². The number of nitrogens with zero attached hydrogens (tertiary/aromatic N) is 2. The van der Waals surface area contributed by atoms with Crippen LogP contribution in [0.3, 0.4) is 0 Å². The molecule has 30 heavy (non-hydrogen) atoms. The number of nitrogens with one attached hydrogen (secondary N) is 1. The van der Waals surface area contributed by atoms with E-state index in [1.54, 1.807) is 0 Å². The molecule has 0 bridgehead atoms. The highest BCUT2D eigenvalue weighted by Crippen LogP contribution is 2.39. The third kappa shape index (κ3) is 3.52. The zero-order valence-electron chi connectivity index (χ0n) is 17.0. The van der Waals surface area contributed by atoms with Crippen LogP contribution in [-0.4, -0.2) is 48.0 Å². The lowest BCUT2D eigenvalue weighted by Gasteiger charge is -2.39. The van der Waals surface area contributed by atoms with Crippen LogP contribution in [0.2, 0.25) is 0 Å². The van der Waals surface area contributed by atoms with E-state index in [0.29, 0.717) is 12.1 Å². The molecular formula is C23H25N3O3S. The van der Waals surface area contributed by atoms with Crippen molar-refractivity contribution in [1.82, 2.24) is 15.1 Å². The molecule has 6 nitrogen and oxygen atoms in total. The van der Waals surface area contributed by atoms with Crippen molar-refractivity contribution in [3.05, 3.63) is 69.1 Å². The lowest BCUT2D eigenvalue weighted by Crippen LogP contribution is -2.52. The molecule has 2 aromatic rings. The van der Waals surface area contributed by atoms with Gasteiger partial charge in [0.25, 0.3) is 0 Å². The van der Waals surface area contributed by atoms with E-state index < -0.39 is 6.04 Å². The van der Waals surface area contributed by atoms with Gasteiger partial charge in [-0.15, -0.1) is 11.3 Å². The van der Waals surface area contributed by atoms with Crippen molar-refractivity contribution in [2.45, 2.75) is 37.9 Å². The zero-order chi connectivity index (χ0) is 20.7. The minimum atomic E-state index is -0.502. The van der Waals surface area contributed by atoms with Gasteiger partial charge in [0.1, 0.15) is 0 Å². The first-order chi connectivity index (χ1) is 14.7. The van der Waals surface area contributed by atoms with Crippen molar-refractivity contribution < 1.29 is 14.3 Å². The van der Waals surface area contributed by atoms with E-state index in [0.717, 1.165) is 43.6 Å². The summed E-state index contributed by atoms with van der Waals surface area (Å²) in [4.78, 5) is 31.7. The SMILES string of the molecule is COC(=O)C1=C(CN2CCc3sccc3C2)N(C2CC2)C(=O)N[C@@H]1c1ccccc1. The van der Waals surface area contributed by atoms with Gasteiger partial charge in [0.15, 0.2) is 0 Å². The Labute approximate surface area is 180 Å². The second kappa shape index (κ2) is 7.89. The fraction of sp³-hybridized carbons (Fsp3) is 0.391. The van der Waals surface area contributed by atoms with E-state index in [-0.39, 0.29) is 18.0 Å². The van der Waals surface area contributed by atoms with Crippen LogP contribution in [0.4, 0.5) is 4.79 Å². The number of amides is 2. The lowest BCUT2D eigenvalue weighted by molar-refractivity contribution is -0.136. The van der Waals surface area contributed by atoms with Gasteiger partial charge in [-0.2, -0.15) is 0 Å². The van der Waals surface area contributed by atoms with Crippen molar-refractivity contribution in [2.24, 2.45) is 0 Å². The highest BCUT2D eigenvalue weighted by Gasteiger charge is 2.44. The normalized spacial score (nSPS) is 22.0. The summed E-state index contributed by atoms with van der Waals surface area (Å²) in [6, 6.07) is 11.4. The summed E-state index contributed by atoms with van der Waals surface area (Å²) in [5, 5.41) is 5.20. The Balaban J connectivity index is 1.56. The molecule has 1 aromatic carbocycles. The molecule has 2 amide bonds. The molecular weight excluding hydrogens is 398 g/mol. The fourth-order valence-electron chi connectivity index (χ4n) is 4.46. The second-order valence-electron chi connectivity index (χ2n) is 8.08. The Kier molecular flexibility index (Phi) is 5.08. The molecule has 3 aliphatic rings. The molecule has 0 unspecified atom stereocenters. The Bertz CT molecular complexity index is 996. The molecule has 1 N–H and O–H groups in total. The smallest absolute Gasteiger partial charge is 0.338 e. The number of ether oxygens (including phenoxy) is 1. The second-order valence-corrected chi connectivity index (χ2v) is 9.08. The fourth-order valence-corrected chi connectivity index (χ4v) is 5.35. The summed E-state index contributed by atoms with van der Waals surface area (Å²) in [5.74, 6) is -0.377. The lowest BCUT2D eigenvalue weighted by atomic mass is 9.94. The largest absolute Gasteiger partial charge is 0.466 e.